The summed E-state index contributed by atoms with van der Waals surface area (Å²) < 4.78 is 8.90. The summed E-state index contributed by atoms with van der Waals surface area (Å²) in [6, 6.07) is 5.41. The predicted molar refractivity (Wildman–Crippen MR) is 94.9 cm³/mol. The Labute approximate surface area is 146 Å². The summed E-state index contributed by atoms with van der Waals surface area (Å²) in [6.07, 6.45) is 7.25. The van der Waals surface area contributed by atoms with Crippen LogP contribution in [0, 0.1) is 6.92 Å². The normalized spacial score (nSPS) is 10.7. The smallest absolute Gasteiger partial charge is 0.256 e. The first kappa shape index (κ1) is 16.8. The maximum atomic E-state index is 12.5. The minimum Gasteiger partial charge on any atom is -0.496 e. The summed E-state index contributed by atoms with van der Waals surface area (Å²) in [5.74, 6) is 0.506. The molecule has 3 rings (SSSR count). The molecule has 0 aliphatic heterocycles. The van der Waals surface area contributed by atoms with E-state index in [0.29, 0.717) is 23.5 Å². The molecular formula is C18H21N5O2. The quantitative estimate of drug-likeness (QED) is 0.749. The van der Waals surface area contributed by atoms with E-state index in [-0.39, 0.29) is 5.91 Å². The van der Waals surface area contributed by atoms with E-state index >= 15 is 0 Å². The monoisotopic (exact) mass is 339 g/mol. The number of nitrogens with one attached hydrogen (secondary N) is 1. The largest absolute Gasteiger partial charge is 0.496 e. The number of amides is 1. The average molecular weight is 339 g/mol. The Balaban J connectivity index is 1.69. The van der Waals surface area contributed by atoms with Gasteiger partial charge < -0.3 is 10.1 Å². The van der Waals surface area contributed by atoms with Crippen molar-refractivity contribution in [3.05, 3.63) is 59.7 Å². The SMILES string of the molecule is CCn1cc(Cn2cc(NC(=O)c3cccc(OC)c3C)cn2)cn1. The zero-order valence-corrected chi connectivity index (χ0v) is 14.6. The Bertz CT molecular complexity index is 881. The molecule has 1 aromatic carbocycles. The van der Waals surface area contributed by atoms with Gasteiger partial charge in [-0.15, -0.1) is 0 Å². The molecule has 1 amide bonds. The van der Waals surface area contributed by atoms with Crippen molar-refractivity contribution in [2.24, 2.45) is 0 Å². The molecular weight excluding hydrogens is 318 g/mol. The fraction of sp³-hybridized carbons (Fsp3) is 0.278. The predicted octanol–water partition coefficient (Wildman–Crippen LogP) is 2.72. The summed E-state index contributed by atoms with van der Waals surface area (Å²) >= 11 is 0. The average Bonchev–Trinajstić information content (AvgIpc) is 3.24. The van der Waals surface area contributed by atoms with E-state index in [0.717, 1.165) is 17.7 Å². The minimum absolute atomic E-state index is 0.185. The molecule has 1 N–H and O–H groups in total. The lowest BCUT2D eigenvalue weighted by Crippen LogP contribution is -2.13. The van der Waals surface area contributed by atoms with E-state index in [1.807, 2.05) is 37.0 Å². The second-order valence-corrected chi connectivity index (χ2v) is 5.72. The molecule has 0 atom stereocenters. The Morgan fingerprint density at radius 3 is 2.72 bits per heavy atom. The fourth-order valence-corrected chi connectivity index (χ4v) is 2.64. The van der Waals surface area contributed by atoms with Gasteiger partial charge in [-0.3, -0.25) is 14.2 Å². The highest BCUT2D eigenvalue weighted by molar-refractivity contribution is 6.05. The van der Waals surface area contributed by atoms with Gasteiger partial charge in [0.1, 0.15) is 5.75 Å². The Morgan fingerprint density at radius 1 is 1.20 bits per heavy atom. The van der Waals surface area contributed by atoms with Crippen LogP contribution in [0.5, 0.6) is 5.75 Å². The van der Waals surface area contributed by atoms with Crippen molar-refractivity contribution < 1.29 is 9.53 Å². The van der Waals surface area contributed by atoms with Gasteiger partial charge in [0.05, 0.1) is 31.7 Å². The van der Waals surface area contributed by atoms with Crippen LogP contribution in [-0.2, 0) is 13.1 Å². The molecule has 0 saturated heterocycles. The molecule has 7 nitrogen and oxygen atoms in total. The first-order valence-corrected chi connectivity index (χ1v) is 8.09. The third-order valence-electron chi connectivity index (χ3n) is 4.00. The summed E-state index contributed by atoms with van der Waals surface area (Å²) in [5.41, 5.74) is 3.10. The fourth-order valence-electron chi connectivity index (χ4n) is 2.64. The van der Waals surface area contributed by atoms with Crippen LogP contribution in [0.3, 0.4) is 0 Å². The van der Waals surface area contributed by atoms with Crippen LogP contribution >= 0.6 is 0 Å². The molecule has 0 saturated carbocycles. The van der Waals surface area contributed by atoms with Crippen LogP contribution in [0.15, 0.2) is 43.0 Å². The van der Waals surface area contributed by atoms with Crippen molar-refractivity contribution in [3.8, 4) is 5.75 Å². The molecule has 0 spiro atoms. The summed E-state index contributed by atoms with van der Waals surface area (Å²) in [4.78, 5) is 12.5. The van der Waals surface area contributed by atoms with E-state index in [9.17, 15) is 4.79 Å². The van der Waals surface area contributed by atoms with Crippen LogP contribution in [0.25, 0.3) is 0 Å². The van der Waals surface area contributed by atoms with Crippen LogP contribution < -0.4 is 10.1 Å². The third-order valence-corrected chi connectivity index (χ3v) is 4.00. The highest BCUT2D eigenvalue weighted by Crippen LogP contribution is 2.21. The number of aromatic nitrogens is 4. The number of nitrogens with zero attached hydrogens (tertiary/aromatic N) is 4. The van der Waals surface area contributed by atoms with E-state index < -0.39 is 0 Å². The van der Waals surface area contributed by atoms with Crippen molar-refractivity contribution in [2.45, 2.75) is 26.9 Å². The summed E-state index contributed by atoms with van der Waals surface area (Å²) in [7, 11) is 1.59. The number of rotatable bonds is 6. The number of hydrogen-bond acceptors (Lipinski definition) is 4. The standard InChI is InChI=1S/C18H21N5O2/c1-4-22-10-14(8-19-22)11-23-12-15(9-20-23)21-18(24)16-6-5-7-17(25-3)13(16)2/h5-10,12H,4,11H2,1-3H3,(H,21,24). The Morgan fingerprint density at radius 2 is 2.00 bits per heavy atom. The number of carbonyl (C=O) groups is 1. The first-order valence-electron chi connectivity index (χ1n) is 8.09. The number of methoxy groups -OCH3 is 1. The summed E-state index contributed by atoms with van der Waals surface area (Å²) in [5, 5.41) is 11.4. The van der Waals surface area contributed by atoms with Crippen LogP contribution in [0.2, 0.25) is 0 Å². The number of aryl methyl sites for hydroxylation is 1. The van der Waals surface area contributed by atoms with Gasteiger partial charge in [0.15, 0.2) is 0 Å². The van der Waals surface area contributed by atoms with Crippen molar-refractivity contribution in [3.63, 3.8) is 0 Å². The molecule has 0 aliphatic carbocycles. The molecule has 0 unspecified atom stereocenters. The second kappa shape index (κ2) is 7.21. The molecule has 25 heavy (non-hydrogen) atoms. The zero-order chi connectivity index (χ0) is 17.8. The lowest BCUT2D eigenvalue weighted by Gasteiger charge is -2.09. The number of hydrogen-bond donors (Lipinski definition) is 1. The molecule has 0 bridgehead atoms. The van der Waals surface area contributed by atoms with Gasteiger partial charge in [-0.05, 0) is 26.0 Å². The molecule has 2 heterocycles. The highest BCUT2D eigenvalue weighted by atomic mass is 16.5. The van der Waals surface area contributed by atoms with Crippen LogP contribution in [0.4, 0.5) is 5.69 Å². The van der Waals surface area contributed by atoms with Gasteiger partial charge >= 0.3 is 0 Å². The maximum Gasteiger partial charge on any atom is 0.256 e. The topological polar surface area (TPSA) is 74.0 Å². The Hall–Kier alpha value is -3.09. The van der Waals surface area contributed by atoms with E-state index in [4.69, 9.17) is 4.74 Å². The molecule has 130 valence electrons. The number of ether oxygens (including phenoxy) is 1. The number of anilines is 1. The molecule has 7 heteroatoms. The van der Waals surface area contributed by atoms with Crippen LogP contribution in [-0.4, -0.2) is 32.6 Å². The van der Waals surface area contributed by atoms with Gasteiger partial charge in [-0.1, -0.05) is 6.07 Å². The van der Waals surface area contributed by atoms with Gasteiger partial charge in [0.2, 0.25) is 0 Å². The van der Waals surface area contributed by atoms with Gasteiger partial charge in [-0.25, -0.2) is 0 Å². The summed E-state index contributed by atoms with van der Waals surface area (Å²) in [6.45, 7) is 5.34. The van der Waals surface area contributed by atoms with Crippen molar-refractivity contribution in [2.75, 3.05) is 12.4 Å². The van der Waals surface area contributed by atoms with E-state index in [1.54, 1.807) is 36.3 Å². The van der Waals surface area contributed by atoms with E-state index in [1.165, 1.54) is 0 Å². The minimum atomic E-state index is -0.185. The lowest BCUT2D eigenvalue weighted by atomic mass is 10.1. The second-order valence-electron chi connectivity index (χ2n) is 5.72. The number of benzene rings is 1. The van der Waals surface area contributed by atoms with Crippen LogP contribution in [0.1, 0.15) is 28.4 Å². The molecule has 0 radical (unpaired) electrons. The molecule has 2 aromatic heterocycles. The maximum absolute atomic E-state index is 12.5. The lowest BCUT2D eigenvalue weighted by molar-refractivity contribution is 0.102. The Kier molecular flexibility index (Phi) is 4.83. The first-order chi connectivity index (χ1) is 12.1. The van der Waals surface area contributed by atoms with Crippen molar-refractivity contribution >= 4 is 11.6 Å². The van der Waals surface area contributed by atoms with Gasteiger partial charge in [-0.2, -0.15) is 10.2 Å². The molecule has 3 aromatic rings. The van der Waals surface area contributed by atoms with E-state index in [2.05, 4.69) is 15.5 Å². The van der Waals surface area contributed by atoms with Gasteiger partial charge in [0, 0.05) is 35.6 Å². The zero-order valence-electron chi connectivity index (χ0n) is 14.6. The molecule has 0 aliphatic rings. The van der Waals surface area contributed by atoms with Gasteiger partial charge in [0.25, 0.3) is 5.91 Å². The van der Waals surface area contributed by atoms with Crippen molar-refractivity contribution in [1.82, 2.24) is 19.6 Å². The molecule has 0 fully saturated rings. The van der Waals surface area contributed by atoms with Crippen molar-refractivity contribution in [1.29, 1.82) is 0 Å². The number of carbonyl (C=O) groups excluding carboxylic acids is 1. The highest BCUT2D eigenvalue weighted by Gasteiger charge is 2.13. The third kappa shape index (κ3) is 3.71.